The fraction of sp³-hybridized carbons (Fsp3) is 0.0833. The van der Waals surface area contributed by atoms with Crippen LogP contribution in [-0.2, 0) is 0 Å². The maximum Gasteiger partial charge on any atom is 0.167 e. The molecule has 0 atom stereocenters. The van der Waals surface area contributed by atoms with E-state index in [-0.39, 0.29) is 5.75 Å². The molecule has 0 aliphatic carbocycles. The van der Waals surface area contributed by atoms with Gasteiger partial charge in [0.15, 0.2) is 11.6 Å². The van der Waals surface area contributed by atoms with Crippen LogP contribution in [0.5, 0.6) is 5.75 Å². The molecule has 0 aliphatic rings. The first kappa shape index (κ1) is 12.1. The van der Waals surface area contributed by atoms with Gasteiger partial charge in [0, 0.05) is 29.7 Å². The van der Waals surface area contributed by atoms with E-state index in [1.165, 1.54) is 13.2 Å². The molecule has 2 aromatic rings. The topological polar surface area (TPSA) is 72.2 Å². The predicted molar refractivity (Wildman–Crippen MR) is 68.3 cm³/mol. The van der Waals surface area contributed by atoms with Gasteiger partial charge in [-0.25, -0.2) is 15.2 Å². The SMILES string of the molecule is COc1ccc(Nc2ccnc(NN)c2)cc1F. The first-order chi connectivity index (χ1) is 8.72. The molecular formula is C12H13FN4O. The quantitative estimate of drug-likeness (QED) is 0.571. The minimum absolute atomic E-state index is 0.208. The molecule has 94 valence electrons. The number of pyridine rings is 1. The maximum atomic E-state index is 13.5. The summed E-state index contributed by atoms with van der Waals surface area (Å²) in [6.45, 7) is 0. The molecule has 6 heteroatoms. The Balaban J connectivity index is 2.20. The van der Waals surface area contributed by atoms with Gasteiger partial charge >= 0.3 is 0 Å². The summed E-state index contributed by atoms with van der Waals surface area (Å²) in [4.78, 5) is 3.97. The molecule has 0 bridgehead atoms. The van der Waals surface area contributed by atoms with E-state index in [1.54, 1.807) is 30.5 Å². The summed E-state index contributed by atoms with van der Waals surface area (Å²) < 4.78 is 18.3. The van der Waals surface area contributed by atoms with Crippen molar-refractivity contribution in [2.45, 2.75) is 0 Å². The van der Waals surface area contributed by atoms with Crippen LogP contribution < -0.4 is 21.3 Å². The second kappa shape index (κ2) is 5.33. The average molecular weight is 248 g/mol. The molecule has 4 N–H and O–H groups in total. The summed E-state index contributed by atoms with van der Waals surface area (Å²) in [6, 6.07) is 8.10. The molecule has 1 heterocycles. The molecule has 0 spiro atoms. The molecule has 2 rings (SSSR count). The van der Waals surface area contributed by atoms with Gasteiger partial charge in [0.25, 0.3) is 0 Å². The van der Waals surface area contributed by atoms with Gasteiger partial charge in [0.05, 0.1) is 7.11 Å². The first-order valence-corrected chi connectivity index (χ1v) is 5.26. The second-order valence-corrected chi connectivity index (χ2v) is 3.55. The van der Waals surface area contributed by atoms with Gasteiger partial charge in [-0.2, -0.15) is 0 Å². The summed E-state index contributed by atoms with van der Waals surface area (Å²) in [5, 5.41) is 3.04. The number of anilines is 3. The summed E-state index contributed by atoms with van der Waals surface area (Å²) in [6.07, 6.45) is 1.59. The Bertz CT molecular complexity index is 547. The predicted octanol–water partition coefficient (Wildman–Crippen LogP) is 2.26. The highest BCUT2D eigenvalue weighted by Crippen LogP contribution is 2.23. The number of hydrazine groups is 1. The standard InChI is InChI=1S/C12H13FN4O/c1-18-11-3-2-8(6-10(11)13)16-9-4-5-15-12(7-9)17-14/h2-7H,14H2,1H3,(H2,15,16,17). The number of ether oxygens (including phenoxy) is 1. The lowest BCUT2D eigenvalue weighted by Gasteiger charge is -2.09. The third-order valence-electron chi connectivity index (χ3n) is 2.35. The van der Waals surface area contributed by atoms with Gasteiger partial charge in [-0.15, -0.1) is 0 Å². The van der Waals surface area contributed by atoms with Gasteiger partial charge in [-0.1, -0.05) is 0 Å². The number of aromatic nitrogens is 1. The Kier molecular flexibility index (Phi) is 3.59. The van der Waals surface area contributed by atoms with E-state index >= 15 is 0 Å². The number of nitrogens with zero attached hydrogens (tertiary/aromatic N) is 1. The first-order valence-electron chi connectivity index (χ1n) is 5.26. The number of rotatable bonds is 4. The number of nitrogens with one attached hydrogen (secondary N) is 2. The highest BCUT2D eigenvalue weighted by molar-refractivity contribution is 5.63. The lowest BCUT2D eigenvalue weighted by Crippen LogP contribution is -2.08. The van der Waals surface area contributed by atoms with E-state index in [0.717, 1.165) is 5.69 Å². The highest BCUT2D eigenvalue weighted by atomic mass is 19.1. The number of benzene rings is 1. The molecule has 0 unspecified atom stereocenters. The zero-order chi connectivity index (χ0) is 13.0. The minimum atomic E-state index is -0.422. The highest BCUT2D eigenvalue weighted by Gasteiger charge is 2.04. The largest absolute Gasteiger partial charge is 0.494 e. The molecule has 0 radical (unpaired) electrons. The van der Waals surface area contributed by atoms with Crippen LogP contribution in [0.2, 0.25) is 0 Å². The summed E-state index contributed by atoms with van der Waals surface area (Å²) in [5.74, 6) is 5.56. The Morgan fingerprint density at radius 2 is 2.00 bits per heavy atom. The van der Waals surface area contributed by atoms with Crippen LogP contribution in [0, 0.1) is 5.82 Å². The van der Waals surface area contributed by atoms with Gasteiger partial charge in [-0.05, 0) is 18.2 Å². The zero-order valence-electron chi connectivity index (χ0n) is 9.77. The molecule has 1 aromatic heterocycles. The molecule has 5 nitrogen and oxygen atoms in total. The van der Waals surface area contributed by atoms with Crippen molar-refractivity contribution < 1.29 is 9.13 Å². The van der Waals surface area contributed by atoms with Crippen LogP contribution in [0.3, 0.4) is 0 Å². The van der Waals surface area contributed by atoms with Crippen molar-refractivity contribution in [2.75, 3.05) is 17.9 Å². The van der Waals surface area contributed by atoms with Crippen molar-refractivity contribution in [3.8, 4) is 5.75 Å². The Morgan fingerprint density at radius 3 is 2.67 bits per heavy atom. The fourth-order valence-corrected chi connectivity index (χ4v) is 1.50. The van der Waals surface area contributed by atoms with E-state index in [4.69, 9.17) is 10.6 Å². The van der Waals surface area contributed by atoms with E-state index in [2.05, 4.69) is 15.7 Å². The van der Waals surface area contributed by atoms with Gasteiger partial charge in [-0.3, -0.25) is 0 Å². The molecule has 0 fully saturated rings. The number of hydrogen-bond acceptors (Lipinski definition) is 5. The smallest absolute Gasteiger partial charge is 0.167 e. The molecule has 0 aliphatic heterocycles. The van der Waals surface area contributed by atoms with E-state index in [1.807, 2.05) is 0 Å². The number of methoxy groups -OCH3 is 1. The monoisotopic (exact) mass is 248 g/mol. The lowest BCUT2D eigenvalue weighted by atomic mass is 10.2. The van der Waals surface area contributed by atoms with Crippen molar-refractivity contribution in [3.05, 3.63) is 42.3 Å². The van der Waals surface area contributed by atoms with Crippen LogP contribution in [0.15, 0.2) is 36.5 Å². The number of nitrogens with two attached hydrogens (primary N) is 1. The summed E-state index contributed by atoms with van der Waals surface area (Å²) in [7, 11) is 1.42. The van der Waals surface area contributed by atoms with Crippen LogP contribution >= 0.6 is 0 Å². The number of nitrogen functional groups attached to an aromatic ring is 1. The zero-order valence-corrected chi connectivity index (χ0v) is 9.77. The van der Waals surface area contributed by atoms with Crippen molar-refractivity contribution in [1.82, 2.24) is 4.98 Å². The van der Waals surface area contributed by atoms with Crippen LogP contribution in [0.25, 0.3) is 0 Å². The Labute approximate surface area is 104 Å². The van der Waals surface area contributed by atoms with Crippen LogP contribution in [-0.4, -0.2) is 12.1 Å². The third-order valence-corrected chi connectivity index (χ3v) is 2.35. The third kappa shape index (κ3) is 2.67. The van der Waals surface area contributed by atoms with Crippen molar-refractivity contribution in [1.29, 1.82) is 0 Å². The number of halogens is 1. The molecule has 0 amide bonds. The summed E-state index contributed by atoms with van der Waals surface area (Å²) >= 11 is 0. The lowest BCUT2D eigenvalue weighted by molar-refractivity contribution is 0.386. The van der Waals surface area contributed by atoms with Gasteiger partial charge in [0.1, 0.15) is 5.82 Å². The van der Waals surface area contributed by atoms with E-state index < -0.39 is 5.82 Å². The average Bonchev–Trinajstić information content (AvgIpc) is 2.39. The van der Waals surface area contributed by atoms with Crippen molar-refractivity contribution in [2.24, 2.45) is 5.84 Å². The van der Waals surface area contributed by atoms with Crippen LogP contribution in [0.1, 0.15) is 0 Å². The molecule has 1 aromatic carbocycles. The molecular weight excluding hydrogens is 235 g/mol. The fourth-order valence-electron chi connectivity index (χ4n) is 1.50. The molecule has 18 heavy (non-hydrogen) atoms. The van der Waals surface area contributed by atoms with Crippen LogP contribution in [0.4, 0.5) is 21.6 Å². The Morgan fingerprint density at radius 1 is 1.22 bits per heavy atom. The number of hydrogen-bond donors (Lipinski definition) is 3. The maximum absolute atomic E-state index is 13.5. The van der Waals surface area contributed by atoms with Gasteiger partial charge < -0.3 is 15.5 Å². The minimum Gasteiger partial charge on any atom is -0.494 e. The van der Waals surface area contributed by atoms with E-state index in [9.17, 15) is 4.39 Å². The molecule has 0 saturated heterocycles. The molecule has 0 saturated carbocycles. The summed E-state index contributed by atoms with van der Waals surface area (Å²) in [5.41, 5.74) is 3.80. The Hall–Kier alpha value is -2.34. The van der Waals surface area contributed by atoms with Gasteiger partial charge in [0.2, 0.25) is 0 Å². The second-order valence-electron chi connectivity index (χ2n) is 3.55. The van der Waals surface area contributed by atoms with Crippen molar-refractivity contribution >= 4 is 17.2 Å². The normalized spacial score (nSPS) is 9.94. The van der Waals surface area contributed by atoms with E-state index in [0.29, 0.717) is 11.5 Å². The van der Waals surface area contributed by atoms with Crippen molar-refractivity contribution in [3.63, 3.8) is 0 Å².